The summed E-state index contributed by atoms with van der Waals surface area (Å²) >= 11 is 0. The number of nitrogen functional groups attached to an aromatic ring is 1. The van der Waals surface area contributed by atoms with Gasteiger partial charge in [0, 0.05) is 5.69 Å². The van der Waals surface area contributed by atoms with Gasteiger partial charge in [0.15, 0.2) is 0 Å². The zero-order chi connectivity index (χ0) is 14.8. The molecule has 0 fully saturated rings. The molecule has 0 bridgehead atoms. The quantitative estimate of drug-likeness (QED) is 0.818. The summed E-state index contributed by atoms with van der Waals surface area (Å²) in [5.74, 6) is 1.50. The van der Waals surface area contributed by atoms with Crippen molar-refractivity contribution in [3.05, 3.63) is 41.9 Å². The Hall–Kier alpha value is -1.99. The predicted octanol–water partition coefficient (Wildman–Crippen LogP) is 1.66. The summed E-state index contributed by atoms with van der Waals surface area (Å²) in [6, 6.07) is 7.93. The van der Waals surface area contributed by atoms with E-state index in [9.17, 15) is 8.42 Å². The highest BCUT2D eigenvalue weighted by Gasteiger charge is 2.20. The fourth-order valence-corrected chi connectivity index (χ4v) is 2.92. The summed E-state index contributed by atoms with van der Waals surface area (Å²) in [5, 5.41) is 0. The summed E-state index contributed by atoms with van der Waals surface area (Å²) in [5.41, 5.74) is 5.97. The predicted molar refractivity (Wildman–Crippen MR) is 74.9 cm³/mol. The molecule has 0 saturated carbocycles. The van der Waals surface area contributed by atoms with E-state index in [0.717, 1.165) is 5.76 Å². The molecule has 0 aliphatic carbocycles. The molecule has 0 saturated heterocycles. The molecule has 1 aromatic carbocycles. The molecule has 3 N–H and O–H groups in total. The van der Waals surface area contributed by atoms with Crippen molar-refractivity contribution in [1.82, 2.24) is 4.72 Å². The molecule has 0 amide bonds. The van der Waals surface area contributed by atoms with Gasteiger partial charge < -0.3 is 14.9 Å². The van der Waals surface area contributed by atoms with Crippen molar-refractivity contribution in [1.29, 1.82) is 0 Å². The fourth-order valence-electron chi connectivity index (χ4n) is 1.73. The van der Waals surface area contributed by atoms with E-state index in [4.69, 9.17) is 14.9 Å². The molecule has 0 aliphatic heterocycles. The van der Waals surface area contributed by atoms with Gasteiger partial charge in [0.05, 0.1) is 13.7 Å². The number of sulfonamides is 1. The van der Waals surface area contributed by atoms with Crippen LogP contribution in [-0.4, -0.2) is 15.5 Å². The maximum absolute atomic E-state index is 12.3. The minimum Gasteiger partial charge on any atom is -0.495 e. The van der Waals surface area contributed by atoms with E-state index in [1.54, 1.807) is 25.1 Å². The van der Waals surface area contributed by atoms with Gasteiger partial charge in [0.2, 0.25) is 10.0 Å². The molecular weight excluding hydrogens is 280 g/mol. The molecule has 108 valence electrons. The van der Waals surface area contributed by atoms with E-state index < -0.39 is 10.0 Å². The number of aryl methyl sites for hydroxylation is 1. The third-order valence-electron chi connectivity index (χ3n) is 2.71. The van der Waals surface area contributed by atoms with Gasteiger partial charge in [0.25, 0.3) is 0 Å². The number of furan rings is 1. The lowest BCUT2D eigenvalue weighted by molar-refractivity contribution is 0.402. The zero-order valence-electron chi connectivity index (χ0n) is 11.2. The highest BCUT2D eigenvalue weighted by atomic mass is 32.2. The standard InChI is InChI=1S/C13H16N2O4S/c1-9-3-5-11(19-9)8-15-20(16,17)13-7-10(14)4-6-12(13)18-2/h3-7,15H,8,14H2,1-2H3. The summed E-state index contributed by atoms with van der Waals surface area (Å²) in [7, 11) is -2.33. The third-order valence-corrected chi connectivity index (χ3v) is 4.13. The second kappa shape index (κ2) is 5.56. The van der Waals surface area contributed by atoms with Gasteiger partial charge in [-0.25, -0.2) is 13.1 Å². The maximum atomic E-state index is 12.3. The lowest BCUT2D eigenvalue weighted by atomic mass is 10.3. The third kappa shape index (κ3) is 3.12. The van der Waals surface area contributed by atoms with Gasteiger partial charge in [-0.1, -0.05) is 0 Å². The number of benzene rings is 1. The Morgan fingerprint density at radius 1 is 1.30 bits per heavy atom. The summed E-state index contributed by atoms with van der Waals surface area (Å²) < 4.78 is 37.3. The number of methoxy groups -OCH3 is 1. The number of nitrogens with two attached hydrogens (primary N) is 1. The molecule has 20 heavy (non-hydrogen) atoms. The molecule has 0 aliphatic rings. The first kappa shape index (κ1) is 14.4. The van der Waals surface area contributed by atoms with Gasteiger partial charge in [-0.15, -0.1) is 0 Å². The van der Waals surface area contributed by atoms with Crippen LogP contribution in [0.4, 0.5) is 5.69 Å². The van der Waals surface area contributed by atoms with Crippen molar-refractivity contribution in [2.45, 2.75) is 18.4 Å². The number of hydrogen-bond acceptors (Lipinski definition) is 5. The first-order valence-corrected chi connectivity index (χ1v) is 7.39. The van der Waals surface area contributed by atoms with Crippen LogP contribution in [0.3, 0.4) is 0 Å². The molecule has 6 nitrogen and oxygen atoms in total. The Kier molecular flexibility index (Phi) is 4.01. The van der Waals surface area contributed by atoms with E-state index in [1.807, 2.05) is 0 Å². The van der Waals surface area contributed by atoms with Crippen molar-refractivity contribution >= 4 is 15.7 Å². The second-order valence-corrected chi connectivity index (χ2v) is 5.98. The van der Waals surface area contributed by atoms with Gasteiger partial charge in [-0.05, 0) is 37.3 Å². The molecule has 0 radical (unpaired) electrons. The smallest absolute Gasteiger partial charge is 0.244 e. The average molecular weight is 296 g/mol. The van der Waals surface area contributed by atoms with Crippen LogP contribution in [0.15, 0.2) is 39.6 Å². The Morgan fingerprint density at radius 3 is 2.65 bits per heavy atom. The van der Waals surface area contributed by atoms with E-state index in [-0.39, 0.29) is 17.2 Å². The highest BCUT2D eigenvalue weighted by Crippen LogP contribution is 2.25. The normalized spacial score (nSPS) is 11.5. The van der Waals surface area contributed by atoms with E-state index >= 15 is 0 Å². The van der Waals surface area contributed by atoms with Crippen LogP contribution >= 0.6 is 0 Å². The maximum Gasteiger partial charge on any atom is 0.244 e. The second-order valence-electron chi connectivity index (χ2n) is 4.25. The van der Waals surface area contributed by atoms with Crippen molar-refractivity contribution in [2.75, 3.05) is 12.8 Å². The van der Waals surface area contributed by atoms with Gasteiger partial charge in [-0.3, -0.25) is 0 Å². The van der Waals surface area contributed by atoms with Crippen LogP contribution in [0, 0.1) is 6.92 Å². The Labute approximate surface area is 117 Å². The van der Waals surface area contributed by atoms with Gasteiger partial charge in [0.1, 0.15) is 22.2 Å². The minimum absolute atomic E-state index is 0.00304. The van der Waals surface area contributed by atoms with Crippen LogP contribution in [-0.2, 0) is 16.6 Å². The summed E-state index contributed by atoms with van der Waals surface area (Å²) in [6.07, 6.45) is 0. The average Bonchev–Trinajstić information content (AvgIpc) is 2.82. The first-order chi connectivity index (χ1) is 9.42. The van der Waals surface area contributed by atoms with Crippen LogP contribution in [0.2, 0.25) is 0 Å². The monoisotopic (exact) mass is 296 g/mol. The lowest BCUT2D eigenvalue weighted by Gasteiger charge is -2.10. The number of rotatable bonds is 5. The van der Waals surface area contributed by atoms with Gasteiger partial charge >= 0.3 is 0 Å². The van der Waals surface area contributed by atoms with E-state index in [2.05, 4.69) is 4.72 Å². The molecule has 1 heterocycles. The number of anilines is 1. The van der Waals surface area contributed by atoms with Crippen molar-refractivity contribution < 1.29 is 17.6 Å². The van der Waals surface area contributed by atoms with Crippen LogP contribution in [0.1, 0.15) is 11.5 Å². The van der Waals surface area contributed by atoms with Crippen LogP contribution < -0.4 is 15.2 Å². The Balaban J connectivity index is 2.24. The largest absolute Gasteiger partial charge is 0.495 e. The van der Waals surface area contributed by atoms with Crippen molar-refractivity contribution in [3.8, 4) is 5.75 Å². The number of ether oxygens (including phenoxy) is 1. The summed E-state index contributed by atoms with van der Waals surface area (Å²) in [6.45, 7) is 1.85. The summed E-state index contributed by atoms with van der Waals surface area (Å²) in [4.78, 5) is 0.00304. The van der Waals surface area contributed by atoms with Gasteiger partial charge in [-0.2, -0.15) is 0 Å². The van der Waals surface area contributed by atoms with Crippen LogP contribution in [0.5, 0.6) is 5.75 Å². The Bertz CT molecular complexity index is 707. The first-order valence-electron chi connectivity index (χ1n) is 5.91. The fraction of sp³-hybridized carbons (Fsp3) is 0.231. The molecule has 0 unspecified atom stereocenters. The topological polar surface area (TPSA) is 94.6 Å². The minimum atomic E-state index is -3.73. The molecule has 0 atom stereocenters. The molecular formula is C13H16N2O4S. The Morgan fingerprint density at radius 2 is 2.05 bits per heavy atom. The number of hydrogen-bond donors (Lipinski definition) is 2. The molecule has 2 aromatic rings. The molecule has 1 aromatic heterocycles. The zero-order valence-corrected chi connectivity index (χ0v) is 12.0. The van der Waals surface area contributed by atoms with Crippen molar-refractivity contribution in [2.24, 2.45) is 0 Å². The van der Waals surface area contributed by atoms with E-state index in [1.165, 1.54) is 19.2 Å². The SMILES string of the molecule is COc1ccc(N)cc1S(=O)(=O)NCc1ccc(C)o1. The lowest BCUT2D eigenvalue weighted by Crippen LogP contribution is -2.23. The van der Waals surface area contributed by atoms with Crippen LogP contribution in [0.25, 0.3) is 0 Å². The molecule has 0 spiro atoms. The van der Waals surface area contributed by atoms with E-state index in [0.29, 0.717) is 11.4 Å². The molecule has 7 heteroatoms. The van der Waals surface area contributed by atoms with Crippen molar-refractivity contribution in [3.63, 3.8) is 0 Å². The molecule has 2 rings (SSSR count). The number of nitrogens with one attached hydrogen (secondary N) is 1. The highest BCUT2D eigenvalue weighted by molar-refractivity contribution is 7.89.